The minimum atomic E-state index is -3.49. The lowest BCUT2D eigenvalue weighted by atomic mass is 10.0. The number of carbonyl (C=O) groups excluding carboxylic acids is 1. The highest BCUT2D eigenvalue weighted by atomic mass is 32.2. The number of nitrogens with zero attached hydrogens (tertiary/aromatic N) is 5. The van der Waals surface area contributed by atoms with Crippen LogP contribution < -0.4 is 0 Å². The first-order chi connectivity index (χ1) is 14.1. The predicted molar refractivity (Wildman–Crippen MR) is 108 cm³/mol. The number of hydrogen-bond acceptors (Lipinski definition) is 5. The van der Waals surface area contributed by atoms with Gasteiger partial charge in [-0.25, -0.2) is 18.1 Å². The minimum absolute atomic E-state index is 0.0549. The number of carbonyl (C=O) groups is 1. The minimum Gasteiger partial charge on any atom is -0.338 e. The van der Waals surface area contributed by atoms with Gasteiger partial charge in [0.1, 0.15) is 12.7 Å². The number of aromatic nitrogens is 3. The standard InChI is InChI=1S/C20H27N5O3S/c26-20(23-13-9-18(10-14-23)25-16-21-15-22-25)17-5-7-19(8-6-17)29(27,28)24-11-3-1-2-4-12-24/h5-8,15-16,18H,1-4,9-14H2. The molecule has 0 N–H and O–H groups in total. The molecule has 8 nitrogen and oxygen atoms in total. The molecule has 156 valence electrons. The summed E-state index contributed by atoms with van der Waals surface area (Å²) in [5, 5.41) is 4.19. The maximum Gasteiger partial charge on any atom is 0.253 e. The van der Waals surface area contributed by atoms with E-state index >= 15 is 0 Å². The molecule has 0 bridgehead atoms. The molecule has 1 aromatic carbocycles. The van der Waals surface area contributed by atoms with Crippen molar-refractivity contribution in [1.82, 2.24) is 24.0 Å². The fourth-order valence-electron chi connectivity index (χ4n) is 4.12. The van der Waals surface area contributed by atoms with Gasteiger partial charge in [-0.1, -0.05) is 12.8 Å². The van der Waals surface area contributed by atoms with Gasteiger partial charge in [0.25, 0.3) is 5.91 Å². The van der Waals surface area contributed by atoms with Crippen LogP contribution in [0.5, 0.6) is 0 Å². The summed E-state index contributed by atoms with van der Waals surface area (Å²) in [6.45, 7) is 2.45. The number of rotatable bonds is 4. The number of hydrogen-bond donors (Lipinski definition) is 0. The molecule has 0 unspecified atom stereocenters. The number of likely N-dealkylation sites (tertiary alicyclic amines) is 1. The first kappa shape index (κ1) is 20.0. The van der Waals surface area contributed by atoms with E-state index in [9.17, 15) is 13.2 Å². The summed E-state index contributed by atoms with van der Waals surface area (Å²) < 4.78 is 29.2. The fraction of sp³-hybridized carbons (Fsp3) is 0.550. The number of amides is 1. The Morgan fingerprint density at radius 3 is 2.17 bits per heavy atom. The summed E-state index contributed by atoms with van der Waals surface area (Å²) in [7, 11) is -3.49. The Kier molecular flexibility index (Phi) is 5.96. The highest BCUT2D eigenvalue weighted by Crippen LogP contribution is 2.24. The van der Waals surface area contributed by atoms with Crippen LogP contribution in [0, 0.1) is 0 Å². The molecular weight excluding hydrogens is 390 g/mol. The predicted octanol–water partition coefficient (Wildman–Crippen LogP) is 2.32. The SMILES string of the molecule is O=C(c1ccc(S(=O)(=O)N2CCCCCC2)cc1)N1CCC(n2cncn2)CC1. The zero-order valence-electron chi connectivity index (χ0n) is 16.5. The fourth-order valence-corrected chi connectivity index (χ4v) is 5.64. The maximum absolute atomic E-state index is 12.9. The van der Waals surface area contributed by atoms with Crippen LogP contribution in [-0.2, 0) is 10.0 Å². The summed E-state index contributed by atoms with van der Waals surface area (Å²) in [5.41, 5.74) is 0.527. The van der Waals surface area contributed by atoms with Gasteiger partial charge in [0.15, 0.2) is 0 Å². The van der Waals surface area contributed by atoms with Gasteiger partial charge < -0.3 is 4.90 Å². The van der Waals surface area contributed by atoms with E-state index in [4.69, 9.17) is 0 Å². The van der Waals surface area contributed by atoms with Crippen LogP contribution in [0.15, 0.2) is 41.8 Å². The van der Waals surface area contributed by atoms with Gasteiger partial charge in [-0.3, -0.25) is 4.79 Å². The molecule has 0 aliphatic carbocycles. The summed E-state index contributed by atoms with van der Waals surface area (Å²) in [4.78, 5) is 18.9. The van der Waals surface area contributed by atoms with Crippen LogP contribution in [0.25, 0.3) is 0 Å². The summed E-state index contributed by atoms with van der Waals surface area (Å²) in [5.74, 6) is -0.0549. The van der Waals surface area contributed by atoms with Crippen molar-refractivity contribution in [3.63, 3.8) is 0 Å². The molecule has 2 fully saturated rings. The molecule has 1 aromatic heterocycles. The molecular formula is C20H27N5O3S. The monoisotopic (exact) mass is 417 g/mol. The van der Waals surface area contributed by atoms with Crippen LogP contribution in [0.4, 0.5) is 0 Å². The zero-order valence-corrected chi connectivity index (χ0v) is 17.3. The van der Waals surface area contributed by atoms with Crippen molar-refractivity contribution in [2.45, 2.75) is 49.5 Å². The smallest absolute Gasteiger partial charge is 0.253 e. The Balaban J connectivity index is 1.40. The quantitative estimate of drug-likeness (QED) is 0.762. The van der Waals surface area contributed by atoms with E-state index in [1.165, 1.54) is 6.33 Å². The van der Waals surface area contributed by atoms with E-state index in [0.717, 1.165) is 38.5 Å². The molecule has 2 aliphatic heterocycles. The van der Waals surface area contributed by atoms with Crippen molar-refractivity contribution in [1.29, 1.82) is 0 Å². The summed E-state index contributed by atoms with van der Waals surface area (Å²) in [6, 6.07) is 6.67. The molecule has 2 aliphatic rings. The molecule has 0 atom stereocenters. The second-order valence-electron chi connectivity index (χ2n) is 7.74. The van der Waals surface area contributed by atoms with E-state index in [0.29, 0.717) is 31.7 Å². The van der Waals surface area contributed by atoms with Crippen LogP contribution in [0.2, 0.25) is 0 Å². The van der Waals surface area contributed by atoms with E-state index in [2.05, 4.69) is 10.1 Å². The van der Waals surface area contributed by atoms with Gasteiger partial charge in [0, 0.05) is 31.7 Å². The second kappa shape index (κ2) is 8.62. The highest BCUT2D eigenvalue weighted by Gasteiger charge is 2.27. The molecule has 29 heavy (non-hydrogen) atoms. The molecule has 3 heterocycles. The second-order valence-corrected chi connectivity index (χ2v) is 9.68. The Morgan fingerprint density at radius 1 is 0.931 bits per heavy atom. The highest BCUT2D eigenvalue weighted by molar-refractivity contribution is 7.89. The Morgan fingerprint density at radius 2 is 1.59 bits per heavy atom. The molecule has 1 amide bonds. The topological polar surface area (TPSA) is 88.4 Å². The number of benzene rings is 1. The maximum atomic E-state index is 12.9. The Hall–Kier alpha value is -2.26. The lowest BCUT2D eigenvalue weighted by Gasteiger charge is -2.32. The van der Waals surface area contributed by atoms with Gasteiger partial charge in [0.05, 0.1) is 10.9 Å². The molecule has 0 radical (unpaired) electrons. The Bertz CT molecular complexity index is 912. The van der Waals surface area contributed by atoms with Gasteiger partial charge in [-0.15, -0.1) is 0 Å². The molecule has 0 spiro atoms. The van der Waals surface area contributed by atoms with Crippen molar-refractivity contribution in [2.24, 2.45) is 0 Å². The summed E-state index contributed by atoms with van der Waals surface area (Å²) >= 11 is 0. The van der Waals surface area contributed by atoms with E-state index in [1.807, 2.05) is 9.58 Å². The van der Waals surface area contributed by atoms with Crippen molar-refractivity contribution < 1.29 is 13.2 Å². The van der Waals surface area contributed by atoms with Crippen LogP contribution in [0.1, 0.15) is 54.9 Å². The third-order valence-corrected chi connectivity index (χ3v) is 7.78. The lowest BCUT2D eigenvalue weighted by Crippen LogP contribution is -2.39. The molecule has 9 heteroatoms. The van der Waals surface area contributed by atoms with Crippen molar-refractivity contribution in [3.8, 4) is 0 Å². The van der Waals surface area contributed by atoms with Gasteiger partial charge >= 0.3 is 0 Å². The number of piperidine rings is 1. The van der Waals surface area contributed by atoms with Gasteiger partial charge in [-0.2, -0.15) is 9.40 Å². The van der Waals surface area contributed by atoms with Crippen LogP contribution in [0.3, 0.4) is 0 Å². The van der Waals surface area contributed by atoms with Crippen molar-refractivity contribution >= 4 is 15.9 Å². The van der Waals surface area contributed by atoms with Crippen LogP contribution >= 0.6 is 0 Å². The van der Waals surface area contributed by atoms with Crippen molar-refractivity contribution in [2.75, 3.05) is 26.2 Å². The lowest BCUT2D eigenvalue weighted by molar-refractivity contribution is 0.0689. The molecule has 2 saturated heterocycles. The number of sulfonamides is 1. The third-order valence-electron chi connectivity index (χ3n) is 5.87. The van der Waals surface area contributed by atoms with Crippen LogP contribution in [-0.4, -0.2) is 64.5 Å². The molecule has 0 saturated carbocycles. The van der Waals surface area contributed by atoms with E-state index < -0.39 is 10.0 Å². The normalized spacial score (nSPS) is 19.8. The van der Waals surface area contributed by atoms with Crippen molar-refractivity contribution in [3.05, 3.63) is 42.5 Å². The largest absolute Gasteiger partial charge is 0.338 e. The van der Waals surface area contributed by atoms with Gasteiger partial charge in [0.2, 0.25) is 10.0 Å². The van der Waals surface area contributed by atoms with E-state index in [-0.39, 0.29) is 16.8 Å². The molecule has 2 aromatic rings. The first-order valence-electron chi connectivity index (χ1n) is 10.3. The van der Waals surface area contributed by atoms with Gasteiger partial charge in [-0.05, 0) is 49.9 Å². The average Bonchev–Trinajstić information content (AvgIpc) is 3.15. The third kappa shape index (κ3) is 4.35. The zero-order chi connectivity index (χ0) is 20.3. The van der Waals surface area contributed by atoms with E-state index in [1.54, 1.807) is 34.9 Å². The first-order valence-corrected chi connectivity index (χ1v) is 11.7. The Labute approximate surface area is 171 Å². The molecule has 4 rings (SSSR count). The average molecular weight is 418 g/mol. The summed E-state index contributed by atoms with van der Waals surface area (Å²) in [6.07, 6.45) is 8.86.